The molecule has 4 heteroatoms. The summed E-state index contributed by atoms with van der Waals surface area (Å²) in [5.74, 6) is -0.643. The third-order valence-electron chi connectivity index (χ3n) is 3.81. The zero-order chi connectivity index (χ0) is 15.7. The minimum absolute atomic E-state index is 0.221. The summed E-state index contributed by atoms with van der Waals surface area (Å²) in [6.07, 6.45) is 0. The number of nitriles is 1. The van der Waals surface area contributed by atoms with Crippen molar-refractivity contribution >= 4 is 16.8 Å². The predicted octanol–water partition coefficient (Wildman–Crippen LogP) is 3.37. The van der Waals surface area contributed by atoms with Crippen LogP contribution in [0.3, 0.4) is 0 Å². The molecule has 108 valence electrons. The Morgan fingerprint density at radius 2 is 1.86 bits per heavy atom. The van der Waals surface area contributed by atoms with E-state index in [1.165, 1.54) is 0 Å². The standard InChI is InChI=1S/C18H15N3O/c1-12-7-9-13(10-8-12)17(22)14(11-19)18-20-15-5-3-4-6-16(15)21(18)2/h3-10,14H,1-2H3. The lowest BCUT2D eigenvalue weighted by Crippen LogP contribution is -2.15. The maximum Gasteiger partial charge on any atom is 0.187 e. The molecule has 1 atom stereocenters. The first kappa shape index (κ1) is 14.0. The van der Waals surface area contributed by atoms with Crippen LogP contribution in [0.2, 0.25) is 0 Å². The van der Waals surface area contributed by atoms with E-state index >= 15 is 0 Å². The van der Waals surface area contributed by atoms with Gasteiger partial charge in [-0.25, -0.2) is 4.98 Å². The van der Waals surface area contributed by atoms with Crippen LogP contribution in [-0.4, -0.2) is 15.3 Å². The Hall–Kier alpha value is -2.93. The lowest BCUT2D eigenvalue weighted by Gasteiger charge is -2.09. The second-order valence-corrected chi connectivity index (χ2v) is 5.31. The fraction of sp³-hybridized carbons (Fsp3) is 0.167. The van der Waals surface area contributed by atoms with Gasteiger partial charge in [0.15, 0.2) is 11.7 Å². The van der Waals surface area contributed by atoms with Gasteiger partial charge in [0.1, 0.15) is 5.82 Å². The topological polar surface area (TPSA) is 58.7 Å². The van der Waals surface area contributed by atoms with Crippen LogP contribution in [0, 0.1) is 18.3 Å². The number of aryl methyl sites for hydroxylation is 2. The van der Waals surface area contributed by atoms with Crippen LogP contribution >= 0.6 is 0 Å². The highest BCUT2D eigenvalue weighted by molar-refractivity contribution is 6.02. The monoisotopic (exact) mass is 289 g/mol. The number of rotatable bonds is 3. The number of fused-ring (bicyclic) bond motifs is 1. The number of Topliss-reactive ketones (excluding diaryl/α,β-unsaturated/α-hetero) is 1. The summed E-state index contributed by atoms with van der Waals surface area (Å²) >= 11 is 0. The van der Waals surface area contributed by atoms with Crippen molar-refractivity contribution < 1.29 is 4.79 Å². The summed E-state index contributed by atoms with van der Waals surface area (Å²) in [4.78, 5) is 17.1. The highest BCUT2D eigenvalue weighted by atomic mass is 16.1. The zero-order valence-electron chi connectivity index (χ0n) is 12.4. The molecule has 0 aliphatic carbocycles. The molecule has 0 radical (unpaired) electrons. The number of carbonyl (C=O) groups is 1. The summed E-state index contributed by atoms with van der Waals surface area (Å²) in [6.45, 7) is 1.96. The highest BCUT2D eigenvalue weighted by Gasteiger charge is 2.26. The van der Waals surface area contributed by atoms with Crippen LogP contribution in [-0.2, 0) is 7.05 Å². The van der Waals surface area contributed by atoms with Gasteiger partial charge in [-0.15, -0.1) is 0 Å². The van der Waals surface area contributed by atoms with Gasteiger partial charge in [-0.2, -0.15) is 5.26 Å². The van der Waals surface area contributed by atoms with Gasteiger partial charge in [0.2, 0.25) is 0 Å². The van der Waals surface area contributed by atoms with Gasteiger partial charge in [-0.3, -0.25) is 4.79 Å². The van der Waals surface area contributed by atoms with Crippen LogP contribution in [0.1, 0.15) is 27.7 Å². The lowest BCUT2D eigenvalue weighted by molar-refractivity contribution is 0.0975. The first-order valence-corrected chi connectivity index (χ1v) is 7.03. The molecule has 0 spiro atoms. The number of ketones is 1. The van der Waals surface area contributed by atoms with E-state index in [-0.39, 0.29) is 5.78 Å². The van der Waals surface area contributed by atoms with Gasteiger partial charge >= 0.3 is 0 Å². The van der Waals surface area contributed by atoms with Crippen molar-refractivity contribution in [3.8, 4) is 6.07 Å². The molecule has 1 aromatic heterocycles. The Kier molecular flexibility index (Phi) is 3.48. The molecule has 1 unspecified atom stereocenters. The van der Waals surface area contributed by atoms with Crippen LogP contribution in [0.25, 0.3) is 11.0 Å². The molecule has 2 aromatic carbocycles. The number of para-hydroxylation sites is 2. The molecule has 3 rings (SSSR count). The van der Waals surface area contributed by atoms with Crippen molar-refractivity contribution in [1.82, 2.24) is 9.55 Å². The summed E-state index contributed by atoms with van der Waals surface area (Å²) in [6, 6.07) is 17.0. The van der Waals surface area contributed by atoms with Gasteiger partial charge in [-0.05, 0) is 19.1 Å². The third-order valence-corrected chi connectivity index (χ3v) is 3.81. The van der Waals surface area contributed by atoms with Crippen LogP contribution in [0.15, 0.2) is 48.5 Å². The molecule has 0 bridgehead atoms. The molecule has 4 nitrogen and oxygen atoms in total. The number of carbonyl (C=O) groups excluding carboxylic acids is 1. The number of nitrogens with zero attached hydrogens (tertiary/aromatic N) is 3. The quantitative estimate of drug-likeness (QED) is 0.694. The van der Waals surface area contributed by atoms with E-state index in [9.17, 15) is 10.1 Å². The summed E-state index contributed by atoms with van der Waals surface area (Å²) < 4.78 is 1.81. The molecule has 22 heavy (non-hydrogen) atoms. The van der Waals surface area contributed by atoms with Crippen LogP contribution < -0.4 is 0 Å². The van der Waals surface area contributed by atoms with Gasteiger partial charge in [0.25, 0.3) is 0 Å². The number of hydrogen-bond acceptors (Lipinski definition) is 3. The summed E-state index contributed by atoms with van der Waals surface area (Å²) in [5, 5.41) is 9.49. The molecule has 3 aromatic rings. The Morgan fingerprint density at radius 3 is 2.50 bits per heavy atom. The molecule has 0 N–H and O–H groups in total. The number of benzene rings is 2. The average molecular weight is 289 g/mol. The molecule has 0 fully saturated rings. The molecule has 0 aliphatic rings. The normalized spacial score (nSPS) is 12.0. The SMILES string of the molecule is Cc1ccc(C(=O)C(C#N)c2nc3ccccc3n2C)cc1. The summed E-state index contributed by atoms with van der Waals surface area (Å²) in [5.41, 5.74) is 3.31. The van der Waals surface area contributed by atoms with E-state index in [1.54, 1.807) is 12.1 Å². The Bertz CT molecular complexity index is 885. The Labute approximate surface area is 128 Å². The molecular formula is C18H15N3O. The lowest BCUT2D eigenvalue weighted by atomic mass is 9.97. The van der Waals surface area contributed by atoms with Crippen LogP contribution in [0.4, 0.5) is 0 Å². The molecule has 0 aliphatic heterocycles. The van der Waals surface area contributed by atoms with Gasteiger partial charge < -0.3 is 4.57 Å². The van der Waals surface area contributed by atoms with Crippen molar-refractivity contribution in [1.29, 1.82) is 5.26 Å². The van der Waals surface area contributed by atoms with E-state index in [0.717, 1.165) is 16.6 Å². The number of imidazole rings is 1. The molecule has 1 heterocycles. The maximum atomic E-state index is 12.6. The predicted molar refractivity (Wildman–Crippen MR) is 84.6 cm³/mol. The zero-order valence-corrected chi connectivity index (χ0v) is 12.4. The smallest absolute Gasteiger partial charge is 0.187 e. The maximum absolute atomic E-state index is 12.6. The van der Waals surface area contributed by atoms with Crippen molar-refractivity contribution in [2.45, 2.75) is 12.8 Å². The fourth-order valence-electron chi connectivity index (χ4n) is 2.54. The molecule has 0 saturated heterocycles. The minimum Gasteiger partial charge on any atom is -0.330 e. The van der Waals surface area contributed by atoms with Crippen molar-refractivity contribution in [3.05, 3.63) is 65.5 Å². The largest absolute Gasteiger partial charge is 0.330 e. The average Bonchev–Trinajstić information content (AvgIpc) is 2.86. The van der Waals surface area contributed by atoms with Crippen molar-refractivity contribution in [2.24, 2.45) is 7.05 Å². The fourth-order valence-corrected chi connectivity index (χ4v) is 2.54. The number of aromatic nitrogens is 2. The van der Waals surface area contributed by atoms with Gasteiger partial charge in [0.05, 0.1) is 17.1 Å². The van der Waals surface area contributed by atoms with Gasteiger partial charge in [0, 0.05) is 12.6 Å². The third kappa shape index (κ3) is 2.27. The minimum atomic E-state index is -0.903. The number of hydrogen-bond donors (Lipinski definition) is 0. The molecular weight excluding hydrogens is 274 g/mol. The van der Waals surface area contributed by atoms with E-state index in [2.05, 4.69) is 11.1 Å². The Balaban J connectivity index is 2.06. The van der Waals surface area contributed by atoms with E-state index < -0.39 is 5.92 Å². The molecule has 0 saturated carbocycles. The van der Waals surface area contributed by atoms with Crippen LogP contribution in [0.5, 0.6) is 0 Å². The van der Waals surface area contributed by atoms with E-state index in [1.807, 2.05) is 54.9 Å². The molecule has 0 amide bonds. The van der Waals surface area contributed by atoms with E-state index in [4.69, 9.17) is 0 Å². The highest BCUT2D eigenvalue weighted by Crippen LogP contribution is 2.24. The second kappa shape index (κ2) is 5.45. The van der Waals surface area contributed by atoms with Gasteiger partial charge in [-0.1, -0.05) is 42.0 Å². The van der Waals surface area contributed by atoms with Crippen molar-refractivity contribution in [3.63, 3.8) is 0 Å². The first-order valence-electron chi connectivity index (χ1n) is 7.03. The first-order chi connectivity index (χ1) is 10.6. The summed E-state index contributed by atoms with van der Waals surface area (Å²) in [7, 11) is 1.83. The van der Waals surface area contributed by atoms with Crippen molar-refractivity contribution in [2.75, 3.05) is 0 Å². The Morgan fingerprint density at radius 1 is 1.18 bits per heavy atom. The second-order valence-electron chi connectivity index (χ2n) is 5.31. The van der Waals surface area contributed by atoms with E-state index in [0.29, 0.717) is 11.4 Å².